The highest BCUT2D eigenvalue weighted by atomic mass is 19.1. The van der Waals surface area contributed by atoms with Crippen molar-refractivity contribution in [2.24, 2.45) is 0 Å². The monoisotopic (exact) mass is 424 g/mol. The summed E-state index contributed by atoms with van der Waals surface area (Å²) in [6, 6.07) is 7.22. The average Bonchev–Trinajstić information content (AvgIpc) is 3.14. The number of aromatic nitrogens is 3. The van der Waals surface area contributed by atoms with Gasteiger partial charge in [0, 0.05) is 23.8 Å². The Kier molecular flexibility index (Phi) is 6.32. The van der Waals surface area contributed by atoms with Gasteiger partial charge in [0.05, 0.1) is 24.3 Å². The smallest absolute Gasteiger partial charge is 0.226 e. The van der Waals surface area contributed by atoms with E-state index in [4.69, 9.17) is 4.98 Å². The summed E-state index contributed by atoms with van der Waals surface area (Å²) in [5.41, 5.74) is 3.30. The molecule has 0 aromatic carbocycles. The third-order valence-corrected chi connectivity index (χ3v) is 5.98. The molecule has 2 N–H and O–H groups in total. The molecule has 6 nitrogen and oxygen atoms in total. The number of nitrogens with zero attached hydrogens (tertiary/aromatic N) is 3. The molecule has 164 valence electrons. The van der Waals surface area contributed by atoms with Gasteiger partial charge in [0.15, 0.2) is 0 Å². The minimum Gasteiger partial charge on any atom is -0.391 e. The number of hydrogen-bond acceptors (Lipinski definition) is 4. The zero-order chi connectivity index (χ0) is 22.0. The van der Waals surface area contributed by atoms with E-state index in [1.54, 1.807) is 6.07 Å². The Bertz CT molecular complexity index is 1080. The summed E-state index contributed by atoms with van der Waals surface area (Å²) < 4.78 is 15.7. The first-order chi connectivity index (χ1) is 14.9. The zero-order valence-corrected chi connectivity index (χ0v) is 18.0. The van der Waals surface area contributed by atoms with Crippen molar-refractivity contribution >= 4 is 16.9 Å². The van der Waals surface area contributed by atoms with Crippen molar-refractivity contribution < 1.29 is 14.3 Å². The highest BCUT2D eigenvalue weighted by Crippen LogP contribution is 2.25. The van der Waals surface area contributed by atoms with E-state index in [1.165, 1.54) is 12.3 Å². The number of nitrogens with one attached hydrogen (secondary N) is 1. The fraction of sp³-hybridized carbons (Fsp3) is 0.458. The lowest BCUT2D eigenvalue weighted by Crippen LogP contribution is -2.45. The highest BCUT2D eigenvalue weighted by molar-refractivity contribution is 5.83. The van der Waals surface area contributed by atoms with E-state index in [0.29, 0.717) is 12.1 Å². The van der Waals surface area contributed by atoms with Crippen LogP contribution in [0.4, 0.5) is 4.39 Å². The molecule has 2 atom stereocenters. The molecule has 1 aliphatic carbocycles. The van der Waals surface area contributed by atoms with Crippen LogP contribution in [0, 0.1) is 5.95 Å². The van der Waals surface area contributed by atoms with Gasteiger partial charge in [-0.25, -0.2) is 9.97 Å². The number of fused-ring (bicyclic) bond motifs is 1. The first-order valence-corrected chi connectivity index (χ1v) is 11.0. The second kappa shape index (κ2) is 9.14. The van der Waals surface area contributed by atoms with Crippen LogP contribution in [0.25, 0.3) is 11.0 Å². The van der Waals surface area contributed by atoms with E-state index in [9.17, 15) is 14.3 Å². The summed E-state index contributed by atoms with van der Waals surface area (Å²) in [7, 11) is 0. The lowest BCUT2D eigenvalue weighted by Gasteiger charge is -2.28. The zero-order valence-electron chi connectivity index (χ0n) is 18.0. The third kappa shape index (κ3) is 4.93. The van der Waals surface area contributed by atoms with Crippen LogP contribution in [-0.2, 0) is 17.6 Å². The van der Waals surface area contributed by atoms with Crippen molar-refractivity contribution in [2.45, 2.75) is 70.6 Å². The molecule has 31 heavy (non-hydrogen) atoms. The van der Waals surface area contributed by atoms with Crippen LogP contribution >= 0.6 is 0 Å². The van der Waals surface area contributed by atoms with Gasteiger partial charge in [-0.15, -0.1) is 0 Å². The van der Waals surface area contributed by atoms with E-state index in [1.807, 2.05) is 18.3 Å². The van der Waals surface area contributed by atoms with E-state index >= 15 is 0 Å². The Labute approximate surface area is 181 Å². The Morgan fingerprint density at radius 2 is 2.10 bits per heavy atom. The molecule has 0 saturated heterocycles. The third-order valence-electron chi connectivity index (χ3n) is 5.98. The number of rotatable bonds is 6. The van der Waals surface area contributed by atoms with Crippen molar-refractivity contribution in [1.29, 1.82) is 0 Å². The van der Waals surface area contributed by atoms with Gasteiger partial charge in [0.2, 0.25) is 11.9 Å². The second-order valence-electron chi connectivity index (χ2n) is 8.69. The fourth-order valence-electron chi connectivity index (χ4n) is 4.38. The van der Waals surface area contributed by atoms with Crippen LogP contribution in [0.3, 0.4) is 0 Å². The molecule has 3 aromatic heterocycles. The lowest BCUT2D eigenvalue weighted by molar-refractivity contribution is -0.122. The molecule has 1 saturated carbocycles. The first kappa shape index (κ1) is 21.4. The molecule has 0 spiro atoms. The predicted octanol–water partition coefficient (Wildman–Crippen LogP) is 3.70. The minimum atomic E-state index is -0.506. The summed E-state index contributed by atoms with van der Waals surface area (Å²) in [5, 5.41) is 14.1. The van der Waals surface area contributed by atoms with E-state index in [0.717, 1.165) is 47.8 Å². The van der Waals surface area contributed by atoms with Gasteiger partial charge in [0.25, 0.3) is 0 Å². The normalized spacial score (nSPS) is 19.1. The number of halogens is 1. The number of hydrogen-bond donors (Lipinski definition) is 2. The van der Waals surface area contributed by atoms with Crippen LogP contribution < -0.4 is 5.32 Å². The van der Waals surface area contributed by atoms with Crippen LogP contribution in [0.1, 0.15) is 62.4 Å². The van der Waals surface area contributed by atoms with Gasteiger partial charge in [-0.1, -0.05) is 12.8 Å². The van der Waals surface area contributed by atoms with Gasteiger partial charge in [-0.3, -0.25) is 4.79 Å². The molecule has 4 rings (SSSR count). The predicted molar refractivity (Wildman–Crippen MR) is 117 cm³/mol. The van der Waals surface area contributed by atoms with E-state index < -0.39 is 12.1 Å². The first-order valence-electron chi connectivity index (χ1n) is 11.0. The molecular formula is C24H29FN4O2. The second-order valence-corrected chi connectivity index (χ2v) is 8.69. The van der Waals surface area contributed by atoms with Crippen LogP contribution in [0.15, 0.2) is 36.7 Å². The van der Waals surface area contributed by atoms with Gasteiger partial charge in [-0.05, 0) is 68.5 Å². The summed E-state index contributed by atoms with van der Waals surface area (Å²) in [4.78, 5) is 21.1. The number of aliphatic hydroxyl groups excluding tert-OH is 1. The molecular weight excluding hydrogens is 395 g/mol. The van der Waals surface area contributed by atoms with E-state index in [-0.39, 0.29) is 24.4 Å². The molecule has 1 aliphatic rings. The van der Waals surface area contributed by atoms with Gasteiger partial charge >= 0.3 is 0 Å². The molecule has 7 heteroatoms. The number of pyridine rings is 2. The van der Waals surface area contributed by atoms with Crippen molar-refractivity contribution in [1.82, 2.24) is 19.9 Å². The summed E-state index contributed by atoms with van der Waals surface area (Å²) in [5.74, 6) is -0.644. The fourth-order valence-corrected chi connectivity index (χ4v) is 4.38. The van der Waals surface area contributed by atoms with Gasteiger partial charge < -0.3 is 15.0 Å². The minimum absolute atomic E-state index is 0.138. The van der Waals surface area contributed by atoms with Crippen LogP contribution in [-0.4, -0.2) is 37.7 Å². The van der Waals surface area contributed by atoms with Crippen LogP contribution in [0.5, 0.6) is 0 Å². The van der Waals surface area contributed by atoms with Gasteiger partial charge in [0.1, 0.15) is 5.65 Å². The number of amides is 1. The van der Waals surface area contributed by atoms with Crippen molar-refractivity contribution in [3.63, 3.8) is 0 Å². The highest BCUT2D eigenvalue weighted by Gasteiger charge is 2.25. The van der Waals surface area contributed by atoms with Crippen molar-refractivity contribution in [2.75, 3.05) is 0 Å². The Morgan fingerprint density at radius 1 is 1.29 bits per heavy atom. The molecule has 3 heterocycles. The maximum Gasteiger partial charge on any atom is 0.226 e. The SMILES string of the molecule is CC(C)n1ccc2c(Cc3ccnc(F)c3)cc(CC(=O)N[C@H]3CCCC[C@@H]3O)nc21. The Hall–Kier alpha value is -2.80. The van der Waals surface area contributed by atoms with Crippen molar-refractivity contribution in [3.8, 4) is 0 Å². The number of aliphatic hydroxyl groups is 1. The molecule has 1 amide bonds. The Balaban J connectivity index is 1.63. The molecule has 1 fully saturated rings. The number of carbonyl (C=O) groups excluding carboxylic acids is 1. The summed E-state index contributed by atoms with van der Waals surface area (Å²) >= 11 is 0. The van der Waals surface area contributed by atoms with Crippen molar-refractivity contribution in [3.05, 3.63) is 59.4 Å². The summed E-state index contributed by atoms with van der Waals surface area (Å²) in [6.45, 7) is 4.17. The lowest BCUT2D eigenvalue weighted by atomic mass is 9.92. The summed E-state index contributed by atoms with van der Waals surface area (Å²) in [6.07, 6.45) is 7.18. The van der Waals surface area contributed by atoms with E-state index in [2.05, 4.69) is 28.7 Å². The molecule has 0 bridgehead atoms. The maximum absolute atomic E-state index is 13.6. The van der Waals surface area contributed by atoms with Crippen LogP contribution in [0.2, 0.25) is 0 Å². The molecule has 0 aliphatic heterocycles. The standard InChI is InChI=1S/C24H29FN4O2/c1-15(2)29-10-8-19-17(11-16-7-9-26-22(25)12-16)13-18(27-24(19)29)14-23(31)28-20-5-3-4-6-21(20)30/h7-10,12-13,15,20-21,30H,3-6,11,14H2,1-2H3,(H,28,31)/t20-,21-/m0/s1. The maximum atomic E-state index is 13.6. The molecule has 0 unspecified atom stereocenters. The largest absolute Gasteiger partial charge is 0.391 e. The topological polar surface area (TPSA) is 80.0 Å². The average molecular weight is 425 g/mol. The molecule has 3 aromatic rings. The molecule has 0 radical (unpaired) electrons. The Morgan fingerprint density at radius 3 is 2.84 bits per heavy atom. The van der Waals surface area contributed by atoms with Gasteiger partial charge in [-0.2, -0.15) is 4.39 Å². The number of carbonyl (C=O) groups is 1. The quantitative estimate of drug-likeness (QED) is 0.592.